The lowest BCUT2D eigenvalue weighted by Crippen LogP contribution is -2.54. The van der Waals surface area contributed by atoms with Crippen molar-refractivity contribution in [3.05, 3.63) is 53.3 Å². The molecular weight excluding hydrogens is 570 g/mol. The molecule has 1 saturated heterocycles. The van der Waals surface area contributed by atoms with E-state index in [0.29, 0.717) is 38.2 Å². The van der Waals surface area contributed by atoms with Gasteiger partial charge in [-0.2, -0.15) is 5.10 Å². The fourth-order valence-electron chi connectivity index (χ4n) is 6.23. The van der Waals surface area contributed by atoms with Crippen LogP contribution in [0.2, 0.25) is 0 Å². The Balaban J connectivity index is 1.40. The molecule has 4 rings (SSSR count). The van der Waals surface area contributed by atoms with Gasteiger partial charge >= 0.3 is 0 Å². The van der Waals surface area contributed by atoms with Gasteiger partial charge in [-0.05, 0) is 56.8 Å². The first-order valence-electron chi connectivity index (χ1n) is 16.6. The van der Waals surface area contributed by atoms with Crippen LogP contribution in [-0.2, 0) is 27.3 Å². The maximum Gasteiger partial charge on any atom is 0.270 e. The molecule has 11 nitrogen and oxygen atoms in total. The molecule has 2 heterocycles. The van der Waals surface area contributed by atoms with Crippen LogP contribution in [0.15, 0.2) is 36.5 Å². The van der Waals surface area contributed by atoms with Crippen molar-refractivity contribution in [1.82, 2.24) is 35.5 Å². The summed E-state index contributed by atoms with van der Waals surface area (Å²) in [6.07, 6.45) is 8.52. The molecule has 3 N–H and O–H groups in total. The third kappa shape index (κ3) is 9.63. The molecule has 1 saturated carbocycles. The second-order valence-electron chi connectivity index (χ2n) is 12.8. The Morgan fingerprint density at radius 2 is 1.53 bits per heavy atom. The predicted molar refractivity (Wildman–Crippen MR) is 173 cm³/mol. The van der Waals surface area contributed by atoms with Crippen molar-refractivity contribution in [3.8, 4) is 0 Å². The molecule has 0 bridgehead atoms. The summed E-state index contributed by atoms with van der Waals surface area (Å²) in [6, 6.07) is 8.23. The summed E-state index contributed by atoms with van der Waals surface area (Å²) in [4.78, 5) is 56.5. The molecule has 246 valence electrons. The van der Waals surface area contributed by atoms with E-state index >= 15 is 0 Å². The molecule has 1 aromatic heterocycles. The number of amides is 4. The van der Waals surface area contributed by atoms with Crippen LogP contribution in [0.5, 0.6) is 0 Å². The Hall–Kier alpha value is -3.73. The highest BCUT2D eigenvalue weighted by molar-refractivity contribution is 5.96. The molecule has 1 aliphatic carbocycles. The van der Waals surface area contributed by atoms with Crippen LogP contribution in [0.25, 0.3) is 0 Å². The second-order valence-corrected chi connectivity index (χ2v) is 12.8. The van der Waals surface area contributed by atoms with Crippen molar-refractivity contribution < 1.29 is 19.2 Å². The van der Waals surface area contributed by atoms with E-state index in [1.165, 1.54) is 0 Å². The number of benzene rings is 1. The molecule has 11 heteroatoms. The Morgan fingerprint density at radius 3 is 2.16 bits per heavy atom. The maximum atomic E-state index is 13.6. The molecule has 2 unspecified atom stereocenters. The van der Waals surface area contributed by atoms with Crippen LogP contribution in [-0.4, -0.2) is 88.5 Å². The highest BCUT2D eigenvalue weighted by Crippen LogP contribution is 2.26. The molecule has 2 aliphatic rings. The SMILES string of the molecule is CCC(=O)NC(Cc1ccc(CNC(=O)C(NC(=O)c2ccnn2C(C)C)C2CCCCCC2)cc1)C(=O)N1CCN(C)CC1. The molecule has 2 atom stereocenters. The van der Waals surface area contributed by atoms with Gasteiger partial charge in [0.05, 0.1) is 0 Å². The molecule has 0 radical (unpaired) electrons. The van der Waals surface area contributed by atoms with E-state index in [9.17, 15) is 19.2 Å². The van der Waals surface area contributed by atoms with Gasteiger partial charge in [-0.25, -0.2) is 0 Å². The van der Waals surface area contributed by atoms with Gasteiger partial charge in [0.15, 0.2) is 0 Å². The average molecular weight is 622 g/mol. The quantitative estimate of drug-likeness (QED) is 0.313. The van der Waals surface area contributed by atoms with Gasteiger partial charge in [0.2, 0.25) is 17.7 Å². The van der Waals surface area contributed by atoms with Gasteiger partial charge in [-0.1, -0.05) is 56.9 Å². The monoisotopic (exact) mass is 621 g/mol. The Kier molecular flexibility index (Phi) is 12.6. The lowest BCUT2D eigenvalue weighted by molar-refractivity contribution is -0.137. The Labute approximate surface area is 267 Å². The van der Waals surface area contributed by atoms with Crippen molar-refractivity contribution in [2.24, 2.45) is 5.92 Å². The van der Waals surface area contributed by atoms with E-state index in [2.05, 4.69) is 25.9 Å². The van der Waals surface area contributed by atoms with E-state index in [-0.39, 0.29) is 35.6 Å². The summed E-state index contributed by atoms with van der Waals surface area (Å²) in [5, 5.41) is 13.3. The lowest BCUT2D eigenvalue weighted by Gasteiger charge is -2.34. The number of rotatable bonds is 12. The number of carbonyl (C=O) groups excluding carboxylic acids is 4. The van der Waals surface area contributed by atoms with E-state index in [1.807, 2.05) is 50.1 Å². The van der Waals surface area contributed by atoms with Crippen molar-refractivity contribution in [2.75, 3.05) is 33.2 Å². The predicted octanol–water partition coefficient (Wildman–Crippen LogP) is 3.06. The largest absolute Gasteiger partial charge is 0.350 e. The lowest BCUT2D eigenvalue weighted by atomic mass is 9.91. The van der Waals surface area contributed by atoms with Crippen molar-refractivity contribution in [2.45, 2.75) is 96.8 Å². The molecular formula is C34H51N7O4. The fraction of sp³-hybridized carbons (Fsp3) is 0.618. The highest BCUT2D eigenvalue weighted by atomic mass is 16.2. The number of nitrogens with zero attached hydrogens (tertiary/aromatic N) is 4. The van der Waals surface area contributed by atoms with Crippen LogP contribution >= 0.6 is 0 Å². The van der Waals surface area contributed by atoms with Crippen LogP contribution in [0, 0.1) is 5.92 Å². The van der Waals surface area contributed by atoms with Crippen LogP contribution < -0.4 is 16.0 Å². The minimum absolute atomic E-state index is 0.0250. The zero-order chi connectivity index (χ0) is 32.3. The fourth-order valence-corrected chi connectivity index (χ4v) is 6.23. The standard InChI is InChI=1S/C34H51N7O4/c1-5-30(42)37-28(34(45)40-20-18-39(4)19-21-40)22-25-12-14-26(15-13-25)23-35-33(44)31(27-10-8-6-7-9-11-27)38-32(43)29-16-17-36-41(29)24(2)3/h12-17,24,27-28,31H,5-11,18-23H2,1-4H3,(H,35,44)(H,37,42)(H,38,43). The summed E-state index contributed by atoms with van der Waals surface area (Å²) in [7, 11) is 2.04. The first-order chi connectivity index (χ1) is 21.7. The molecule has 2 fully saturated rings. The average Bonchev–Trinajstić information content (AvgIpc) is 3.39. The number of nitrogens with one attached hydrogen (secondary N) is 3. The van der Waals surface area contributed by atoms with Crippen molar-refractivity contribution in [1.29, 1.82) is 0 Å². The normalized spacial score (nSPS) is 17.8. The molecule has 1 aliphatic heterocycles. The second kappa shape index (κ2) is 16.5. The first-order valence-corrected chi connectivity index (χ1v) is 16.6. The molecule has 2 aromatic rings. The smallest absolute Gasteiger partial charge is 0.270 e. The third-order valence-electron chi connectivity index (χ3n) is 9.03. The summed E-state index contributed by atoms with van der Waals surface area (Å²) >= 11 is 0. The summed E-state index contributed by atoms with van der Waals surface area (Å²) < 4.78 is 1.68. The summed E-state index contributed by atoms with van der Waals surface area (Å²) in [5.41, 5.74) is 2.29. The van der Waals surface area contributed by atoms with Crippen LogP contribution in [0.3, 0.4) is 0 Å². The number of carbonyl (C=O) groups is 4. The topological polar surface area (TPSA) is 129 Å². The number of piperazine rings is 1. The van der Waals surface area contributed by atoms with Gasteiger partial charge in [-0.3, -0.25) is 23.9 Å². The van der Waals surface area contributed by atoms with Crippen molar-refractivity contribution in [3.63, 3.8) is 0 Å². The van der Waals surface area contributed by atoms with Gasteiger partial charge in [0.1, 0.15) is 17.8 Å². The van der Waals surface area contributed by atoms with E-state index in [4.69, 9.17) is 0 Å². The molecule has 1 aromatic carbocycles. The van der Waals surface area contributed by atoms with Gasteiger partial charge < -0.3 is 25.8 Å². The number of likely N-dealkylation sites (N-methyl/N-ethyl adjacent to an activating group) is 1. The molecule has 0 spiro atoms. The highest BCUT2D eigenvalue weighted by Gasteiger charge is 2.32. The first kappa shape index (κ1) is 34.1. The zero-order valence-electron chi connectivity index (χ0n) is 27.4. The van der Waals surface area contributed by atoms with E-state index in [1.54, 1.807) is 23.9 Å². The summed E-state index contributed by atoms with van der Waals surface area (Å²) in [5.74, 6) is -0.599. The third-order valence-corrected chi connectivity index (χ3v) is 9.03. The zero-order valence-corrected chi connectivity index (χ0v) is 27.4. The Bertz CT molecular complexity index is 1280. The maximum absolute atomic E-state index is 13.6. The Morgan fingerprint density at radius 1 is 0.889 bits per heavy atom. The minimum Gasteiger partial charge on any atom is -0.350 e. The van der Waals surface area contributed by atoms with E-state index < -0.39 is 12.1 Å². The van der Waals surface area contributed by atoms with E-state index in [0.717, 1.165) is 62.7 Å². The number of aromatic nitrogens is 2. The van der Waals surface area contributed by atoms with Crippen LogP contribution in [0.1, 0.15) is 93.4 Å². The number of hydrogen-bond acceptors (Lipinski definition) is 6. The van der Waals surface area contributed by atoms with Gasteiger partial charge in [-0.15, -0.1) is 0 Å². The molecule has 45 heavy (non-hydrogen) atoms. The summed E-state index contributed by atoms with van der Waals surface area (Å²) in [6.45, 7) is 8.96. The van der Waals surface area contributed by atoms with Gasteiger partial charge in [0, 0.05) is 57.8 Å². The molecule has 4 amide bonds. The van der Waals surface area contributed by atoms with Gasteiger partial charge in [0.25, 0.3) is 5.91 Å². The van der Waals surface area contributed by atoms with Crippen LogP contribution in [0.4, 0.5) is 0 Å². The minimum atomic E-state index is -0.631. The van der Waals surface area contributed by atoms with Crippen molar-refractivity contribution >= 4 is 23.6 Å². The number of hydrogen-bond donors (Lipinski definition) is 3.